The summed E-state index contributed by atoms with van der Waals surface area (Å²) in [7, 11) is -3.69. The number of benzene rings is 2. The van der Waals surface area contributed by atoms with Gasteiger partial charge >= 0.3 is 0 Å². The Hall–Kier alpha value is -3.17. The SMILES string of the molecule is CC(C)CC(=O)Nc1cccc(CNC(=O)c2cccc(NS(=O)(=O)c3cccs3)c2)c1. The lowest BCUT2D eigenvalue weighted by Gasteiger charge is -2.11. The minimum atomic E-state index is -3.69. The van der Waals surface area contributed by atoms with Gasteiger partial charge in [0, 0.05) is 29.9 Å². The Balaban J connectivity index is 1.61. The van der Waals surface area contributed by atoms with Crippen molar-refractivity contribution in [3.8, 4) is 0 Å². The van der Waals surface area contributed by atoms with Crippen LogP contribution in [-0.2, 0) is 21.4 Å². The van der Waals surface area contributed by atoms with Gasteiger partial charge in [-0.2, -0.15) is 0 Å². The van der Waals surface area contributed by atoms with Gasteiger partial charge in [0.2, 0.25) is 5.91 Å². The number of rotatable bonds is 9. The molecule has 0 fully saturated rings. The summed E-state index contributed by atoms with van der Waals surface area (Å²) < 4.78 is 27.5. The number of carbonyl (C=O) groups excluding carboxylic acids is 2. The molecular weight excluding hydrogens is 446 g/mol. The van der Waals surface area contributed by atoms with E-state index in [2.05, 4.69) is 15.4 Å². The molecule has 0 bridgehead atoms. The second kappa shape index (κ2) is 10.4. The van der Waals surface area contributed by atoms with Gasteiger partial charge in [0.25, 0.3) is 15.9 Å². The smallest absolute Gasteiger partial charge is 0.271 e. The molecule has 2 aromatic carbocycles. The predicted octanol–water partition coefficient (Wildman–Crippen LogP) is 4.46. The summed E-state index contributed by atoms with van der Waals surface area (Å²) in [6, 6.07) is 16.8. The maximum atomic E-state index is 12.6. The summed E-state index contributed by atoms with van der Waals surface area (Å²) in [5.74, 6) is -0.123. The van der Waals surface area contributed by atoms with E-state index in [4.69, 9.17) is 0 Å². The molecule has 7 nitrogen and oxygen atoms in total. The topological polar surface area (TPSA) is 104 Å². The van der Waals surface area contributed by atoms with Gasteiger partial charge in [-0.3, -0.25) is 14.3 Å². The van der Waals surface area contributed by atoms with Crippen molar-refractivity contribution in [2.24, 2.45) is 5.92 Å². The quantitative estimate of drug-likeness (QED) is 0.428. The summed E-state index contributed by atoms with van der Waals surface area (Å²) in [5, 5.41) is 7.36. The van der Waals surface area contributed by atoms with Crippen molar-refractivity contribution in [2.45, 2.75) is 31.0 Å². The van der Waals surface area contributed by atoms with E-state index in [1.54, 1.807) is 35.7 Å². The van der Waals surface area contributed by atoms with Gasteiger partial charge in [-0.1, -0.05) is 38.1 Å². The van der Waals surface area contributed by atoms with Crippen LogP contribution in [-0.4, -0.2) is 20.2 Å². The fourth-order valence-electron chi connectivity index (χ4n) is 2.97. The largest absolute Gasteiger partial charge is 0.348 e. The molecule has 0 aliphatic heterocycles. The minimum absolute atomic E-state index is 0.0528. The van der Waals surface area contributed by atoms with E-state index in [0.717, 1.165) is 16.9 Å². The Labute approximate surface area is 191 Å². The maximum Gasteiger partial charge on any atom is 0.271 e. The monoisotopic (exact) mass is 471 g/mol. The zero-order valence-corrected chi connectivity index (χ0v) is 19.4. The molecule has 2 amide bonds. The molecule has 3 rings (SSSR count). The fourth-order valence-corrected chi connectivity index (χ4v) is 5.01. The summed E-state index contributed by atoms with van der Waals surface area (Å²) in [5.41, 5.74) is 2.14. The van der Waals surface area contributed by atoms with Crippen molar-refractivity contribution in [1.29, 1.82) is 0 Å². The number of hydrogen-bond acceptors (Lipinski definition) is 5. The number of amides is 2. The van der Waals surface area contributed by atoms with Crippen LogP contribution in [0.25, 0.3) is 0 Å². The Kier molecular flexibility index (Phi) is 7.66. The molecule has 0 saturated carbocycles. The third-order valence-corrected chi connectivity index (χ3v) is 7.17. The van der Waals surface area contributed by atoms with Crippen LogP contribution in [0.4, 0.5) is 11.4 Å². The maximum absolute atomic E-state index is 12.6. The number of hydrogen-bond donors (Lipinski definition) is 3. The highest BCUT2D eigenvalue weighted by atomic mass is 32.2. The van der Waals surface area contributed by atoms with Crippen LogP contribution in [0, 0.1) is 5.92 Å². The first-order valence-corrected chi connectivity index (χ1v) is 12.4. The number of carbonyl (C=O) groups is 2. The predicted molar refractivity (Wildman–Crippen MR) is 127 cm³/mol. The summed E-state index contributed by atoms with van der Waals surface area (Å²) >= 11 is 1.12. The molecule has 3 aromatic rings. The molecule has 32 heavy (non-hydrogen) atoms. The Morgan fingerprint density at radius 3 is 2.44 bits per heavy atom. The summed E-state index contributed by atoms with van der Waals surface area (Å²) in [6.45, 7) is 4.22. The van der Waals surface area contributed by atoms with Crippen LogP contribution in [0.2, 0.25) is 0 Å². The first-order chi connectivity index (χ1) is 15.2. The van der Waals surface area contributed by atoms with Crippen LogP contribution >= 0.6 is 11.3 Å². The lowest BCUT2D eigenvalue weighted by Crippen LogP contribution is -2.23. The highest BCUT2D eigenvalue weighted by Gasteiger charge is 2.16. The van der Waals surface area contributed by atoms with Crippen LogP contribution in [0.5, 0.6) is 0 Å². The van der Waals surface area contributed by atoms with Crippen molar-refractivity contribution in [3.63, 3.8) is 0 Å². The molecule has 0 atom stereocenters. The van der Waals surface area contributed by atoms with E-state index in [1.165, 1.54) is 12.1 Å². The highest BCUT2D eigenvalue weighted by Crippen LogP contribution is 2.21. The molecule has 0 saturated heterocycles. The zero-order chi connectivity index (χ0) is 23.1. The Morgan fingerprint density at radius 2 is 1.72 bits per heavy atom. The van der Waals surface area contributed by atoms with Crippen LogP contribution in [0.15, 0.2) is 70.3 Å². The van der Waals surface area contributed by atoms with Crippen LogP contribution in [0.1, 0.15) is 36.2 Å². The third kappa shape index (κ3) is 6.66. The summed E-state index contributed by atoms with van der Waals surface area (Å²) in [4.78, 5) is 24.6. The molecule has 0 unspecified atom stereocenters. The average Bonchev–Trinajstić information content (AvgIpc) is 3.27. The normalized spacial score (nSPS) is 11.2. The van der Waals surface area contributed by atoms with Gasteiger partial charge in [-0.25, -0.2) is 8.42 Å². The molecule has 0 aliphatic rings. The molecular formula is C23H25N3O4S2. The van der Waals surface area contributed by atoms with Crippen molar-refractivity contribution in [1.82, 2.24) is 5.32 Å². The zero-order valence-electron chi connectivity index (χ0n) is 17.8. The lowest BCUT2D eigenvalue weighted by molar-refractivity contribution is -0.116. The van der Waals surface area contributed by atoms with Crippen LogP contribution < -0.4 is 15.4 Å². The van der Waals surface area contributed by atoms with Crippen LogP contribution in [0.3, 0.4) is 0 Å². The third-order valence-electron chi connectivity index (χ3n) is 4.39. The average molecular weight is 472 g/mol. The van der Waals surface area contributed by atoms with E-state index in [0.29, 0.717) is 23.4 Å². The van der Waals surface area contributed by atoms with E-state index in [9.17, 15) is 18.0 Å². The first kappa shape index (κ1) is 23.5. The van der Waals surface area contributed by atoms with Crippen molar-refractivity contribution in [3.05, 3.63) is 77.2 Å². The van der Waals surface area contributed by atoms with E-state index in [-0.39, 0.29) is 28.5 Å². The van der Waals surface area contributed by atoms with Gasteiger partial charge in [0.1, 0.15) is 4.21 Å². The Bertz CT molecular complexity index is 1190. The number of anilines is 2. The van der Waals surface area contributed by atoms with Crippen molar-refractivity contribution >= 4 is 44.5 Å². The number of sulfonamides is 1. The number of nitrogens with one attached hydrogen (secondary N) is 3. The number of thiophene rings is 1. The second-order valence-electron chi connectivity index (χ2n) is 7.65. The second-order valence-corrected chi connectivity index (χ2v) is 10.5. The fraction of sp³-hybridized carbons (Fsp3) is 0.217. The first-order valence-electron chi connectivity index (χ1n) is 10.1. The van der Waals surface area contributed by atoms with E-state index in [1.807, 2.05) is 32.0 Å². The minimum Gasteiger partial charge on any atom is -0.348 e. The highest BCUT2D eigenvalue weighted by molar-refractivity contribution is 7.94. The van der Waals surface area contributed by atoms with Gasteiger partial charge in [0.05, 0.1) is 0 Å². The molecule has 168 valence electrons. The van der Waals surface area contributed by atoms with Crippen molar-refractivity contribution in [2.75, 3.05) is 10.0 Å². The molecule has 3 N–H and O–H groups in total. The standard InChI is InChI=1S/C23H25N3O4S2/c1-16(2)12-21(27)25-19-8-3-6-17(13-19)15-24-23(28)18-7-4-9-20(14-18)26-32(29,30)22-10-5-11-31-22/h3-11,13-14,16,26H,12,15H2,1-2H3,(H,24,28)(H,25,27). The van der Waals surface area contributed by atoms with Crippen molar-refractivity contribution < 1.29 is 18.0 Å². The van der Waals surface area contributed by atoms with E-state index < -0.39 is 10.0 Å². The molecule has 1 heterocycles. The molecule has 0 radical (unpaired) electrons. The summed E-state index contributed by atoms with van der Waals surface area (Å²) in [6.07, 6.45) is 0.438. The lowest BCUT2D eigenvalue weighted by atomic mass is 10.1. The van der Waals surface area contributed by atoms with Gasteiger partial charge < -0.3 is 10.6 Å². The van der Waals surface area contributed by atoms with Gasteiger partial charge in [-0.15, -0.1) is 11.3 Å². The Morgan fingerprint density at radius 1 is 0.969 bits per heavy atom. The van der Waals surface area contributed by atoms with Gasteiger partial charge in [-0.05, 0) is 53.3 Å². The molecule has 0 spiro atoms. The van der Waals surface area contributed by atoms with Gasteiger partial charge in [0.15, 0.2) is 0 Å². The molecule has 1 aromatic heterocycles. The molecule has 0 aliphatic carbocycles. The van der Waals surface area contributed by atoms with E-state index >= 15 is 0 Å². The molecule has 9 heteroatoms.